The van der Waals surface area contributed by atoms with E-state index in [1.165, 1.54) is 24.6 Å². The largest absolute Gasteiger partial charge is 0.497 e. The number of benzene rings is 2. The summed E-state index contributed by atoms with van der Waals surface area (Å²) in [6.07, 6.45) is 0.456. The first-order chi connectivity index (χ1) is 13.9. The molecule has 0 spiro atoms. The number of sulfonamides is 1. The van der Waals surface area contributed by atoms with Gasteiger partial charge in [0.15, 0.2) is 5.76 Å². The second-order valence-corrected chi connectivity index (χ2v) is 8.89. The van der Waals surface area contributed by atoms with Gasteiger partial charge in [0.2, 0.25) is 10.0 Å². The number of hydrogen-bond donors (Lipinski definition) is 0. The van der Waals surface area contributed by atoms with Gasteiger partial charge in [-0.15, -0.1) is 0 Å². The minimum atomic E-state index is -3.83. The standard InChI is InChI=1S/C20H19ClN2O5S/c1-26-15-7-8-18(27-2)19(11-15)29(24,25)23-10-9-17-16(12-23)20(28-22-17)13-3-5-14(21)6-4-13/h3-8,11H,9-10,12H2,1-2H3. The van der Waals surface area contributed by atoms with Gasteiger partial charge < -0.3 is 14.0 Å². The molecule has 2 heterocycles. The van der Waals surface area contributed by atoms with E-state index in [1.807, 2.05) is 12.1 Å². The van der Waals surface area contributed by atoms with Crippen molar-refractivity contribution in [3.8, 4) is 22.8 Å². The highest BCUT2D eigenvalue weighted by Crippen LogP contribution is 2.36. The molecule has 0 bridgehead atoms. The normalized spacial score (nSPS) is 14.4. The summed E-state index contributed by atoms with van der Waals surface area (Å²) in [5.41, 5.74) is 2.31. The number of aromatic nitrogens is 1. The van der Waals surface area contributed by atoms with Crippen LogP contribution in [0.15, 0.2) is 51.9 Å². The van der Waals surface area contributed by atoms with Crippen LogP contribution in [0.2, 0.25) is 5.02 Å². The molecular weight excluding hydrogens is 416 g/mol. The van der Waals surface area contributed by atoms with Crippen LogP contribution in [-0.4, -0.2) is 38.6 Å². The number of halogens is 1. The molecule has 0 fully saturated rings. The Balaban J connectivity index is 1.71. The van der Waals surface area contributed by atoms with Crippen LogP contribution in [-0.2, 0) is 23.0 Å². The van der Waals surface area contributed by atoms with E-state index in [2.05, 4.69) is 5.16 Å². The first kappa shape index (κ1) is 19.8. The topological polar surface area (TPSA) is 81.9 Å². The molecule has 3 aromatic rings. The number of fused-ring (bicyclic) bond motifs is 1. The highest BCUT2D eigenvalue weighted by molar-refractivity contribution is 7.89. The molecule has 0 unspecified atom stereocenters. The van der Waals surface area contributed by atoms with Gasteiger partial charge in [0.05, 0.1) is 19.9 Å². The van der Waals surface area contributed by atoms with E-state index in [-0.39, 0.29) is 17.2 Å². The number of hydrogen-bond acceptors (Lipinski definition) is 6. The Morgan fingerprint density at radius 2 is 1.86 bits per heavy atom. The number of nitrogens with zero attached hydrogens (tertiary/aromatic N) is 2. The lowest BCUT2D eigenvalue weighted by molar-refractivity contribution is 0.371. The first-order valence-electron chi connectivity index (χ1n) is 8.89. The van der Waals surface area contributed by atoms with E-state index in [9.17, 15) is 8.42 Å². The molecule has 1 aromatic heterocycles. The average molecular weight is 435 g/mol. The molecule has 0 radical (unpaired) electrons. The highest BCUT2D eigenvalue weighted by atomic mass is 35.5. The summed E-state index contributed by atoms with van der Waals surface area (Å²) < 4.78 is 44.2. The van der Waals surface area contributed by atoms with Gasteiger partial charge in [-0.1, -0.05) is 16.8 Å². The van der Waals surface area contributed by atoms with Gasteiger partial charge in [0, 0.05) is 41.7 Å². The minimum absolute atomic E-state index is 0.0623. The quantitative estimate of drug-likeness (QED) is 0.608. The van der Waals surface area contributed by atoms with Crippen LogP contribution in [0.25, 0.3) is 11.3 Å². The fourth-order valence-corrected chi connectivity index (χ4v) is 5.05. The fraction of sp³-hybridized carbons (Fsp3) is 0.250. The van der Waals surface area contributed by atoms with Crippen molar-refractivity contribution in [2.75, 3.05) is 20.8 Å². The van der Waals surface area contributed by atoms with Crippen molar-refractivity contribution in [2.45, 2.75) is 17.9 Å². The van der Waals surface area contributed by atoms with Crippen molar-refractivity contribution >= 4 is 21.6 Å². The van der Waals surface area contributed by atoms with Crippen LogP contribution in [0.1, 0.15) is 11.3 Å². The SMILES string of the molecule is COc1ccc(OC)c(S(=O)(=O)N2CCc3noc(-c4ccc(Cl)cc4)c3C2)c1. The lowest BCUT2D eigenvalue weighted by atomic mass is 10.0. The van der Waals surface area contributed by atoms with Crippen LogP contribution < -0.4 is 9.47 Å². The molecule has 4 rings (SSSR count). The van der Waals surface area contributed by atoms with Crippen LogP contribution >= 0.6 is 11.6 Å². The zero-order valence-corrected chi connectivity index (χ0v) is 17.5. The molecule has 152 valence electrons. The van der Waals surface area contributed by atoms with E-state index in [0.717, 1.165) is 16.8 Å². The van der Waals surface area contributed by atoms with Crippen molar-refractivity contribution in [3.05, 3.63) is 58.7 Å². The number of rotatable bonds is 5. The van der Waals surface area contributed by atoms with Gasteiger partial charge in [-0.2, -0.15) is 4.31 Å². The van der Waals surface area contributed by atoms with Crippen LogP contribution in [0.4, 0.5) is 0 Å². The molecule has 1 aliphatic heterocycles. The smallest absolute Gasteiger partial charge is 0.247 e. The third-order valence-corrected chi connectivity index (χ3v) is 7.02. The van der Waals surface area contributed by atoms with Gasteiger partial charge in [-0.3, -0.25) is 0 Å². The zero-order valence-electron chi connectivity index (χ0n) is 15.9. The number of ether oxygens (including phenoxy) is 2. The summed E-state index contributed by atoms with van der Waals surface area (Å²) in [5.74, 6) is 1.25. The number of methoxy groups -OCH3 is 2. The maximum atomic E-state index is 13.4. The lowest BCUT2D eigenvalue weighted by Gasteiger charge is -2.26. The molecule has 9 heteroatoms. The van der Waals surface area contributed by atoms with Crippen molar-refractivity contribution in [2.24, 2.45) is 0 Å². The summed E-state index contributed by atoms with van der Waals surface area (Å²) in [7, 11) is -0.901. The Morgan fingerprint density at radius 3 is 2.55 bits per heavy atom. The Bertz CT molecular complexity index is 1140. The van der Waals surface area contributed by atoms with E-state index in [0.29, 0.717) is 29.5 Å². The molecule has 29 heavy (non-hydrogen) atoms. The van der Waals surface area contributed by atoms with E-state index < -0.39 is 10.0 Å². The summed E-state index contributed by atoms with van der Waals surface area (Å²) in [5, 5.41) is 4.74. The molecule has 2 aromatic carbocycles. The average Bonchev–Trinajstić information content (AvgIpc) is 3.17. The summed E-state index contributed by atoms with van der Waals surface area (Å²) in [4.78, 5) is 0.0623. The van der Waals surface area contributed by atoms with Gasteiger partial charge in [0.25, 0.3) is 0 Å². The van der Waals surface area contributed by atoms with E-state index in [1.54, 1.807) is 24.3 Å². The van der Waals surface area contributed by atoms with E-state index >= 15 is 0 Å². The van der Waals surface area contributed by atoms with Gasteiger partial charge in [-0.05, 0) is 36.4 Å². The minimum Gasteiger partial charge on any atom is -0.497 e. The Kier molecular flexibility index (Phi) is 5.24. The van der Waals surface area contributed by atoms with Crippen molar-refractivity contribution in [3.63, 3.8) is 0 Å². The second-order valence-electron chi connectivity index (χ2n) is 6.55. The molecule has 0 aliphatic carbocycles. The highest BCUT2D eigenvalue weighted by Gasteiger charge is 2.34. The Morgan fingerprint density at radius 1 is 1.10 bits per heavy atom. The lowest BCUT2D eigenvalue weighted by Crippen LogP contribution is -2.36. The maximum Gasteiger partial charge on any atom is 0.247 e. The Labute approximate surface area is 173 Å². The van der Waals surface area contributed by atoms with Gasteiger partial charge in [0.1, 0.15) is 16.4 Å². The molecule has 7 nitrogen and oxygen atoms in total. The summed E-state index contributed by atoms with van der Waals surface area (Å²) >= 11 is 5.96. The third-order valence-electron chi connectivity index (χ3n) is 4.90. The first-order valence-corrected chi connectivity index (χ1v) is 10.7. The van der Waals surface area contributed by atoms with Crippen molar-refractivity contribution in [1.82, 2.24) is 9.46 Å². The Hall–Kier alpha value is -2.55. The van der Waals surface area contributed by atoms with Crippen molar-refractivity contribution < 1.29 is 22.4 Å². The summed E-state index contributed by atoms with van der Waals surface area (Å²) in [6, 6.07) is 11.9. The molecule has 0 amide bonds. The van der Waals surface area contributed by atoms with Gasteiger partial charge in [-0.25, -0.2) is 8.42 Å². The van der Waals surface area contributed by atoms with Crippen molar-refractivity contribution in [1.29, 1.82) is 0 Å². The monoisotopic (exact) mass is 434 g/mol. The molecule has 0 N–H and O–H groups in total. The van der Waals surface area contributed by atoms with Crippen LogP contribution in [0.5, 0.6) is 11.5 Å². The second kappa shape index (κ2) is 7.70. The molecule has 0 atom stereocenters. The summed E-state index contributed by atoms with van der Waals surface area (Å²) in [6.45, 7) is 0.446. The molecular formula is C20H19ClN2O5S. The molecule has 0 saturated carbocycles. The maximum absolute atomic E-state index is 13.4. The predicted molar refractivity (Wildman–Crippen MR) is 108 cm³/mol. The van der Waals surface area contributed by atoms with Crippen LogP contribution in [0.3, 0.4) is 0 Å². The fourth-order valence-electron chi connectivity index (χ4n) is 3.35. The third kappa shape index (κ3) is 3.59. The molecule has 1 aliphatic rings. The molecule has 0 saturated heterocycles. The van der Waals surface area contributed by atoms with Gasteiger partial charge >= 0.3 is 0 Å². The predicted octanol–water partition coefficient (Wildman–Crippen LogP) is 3.76. The van der Waals surface area contributed by atoms with E-state index in [4.69, 9.17) is 25.6 Å². The zero-order chi connectivity index (χ0) is 20.6. The van der Waals surface area contributed by atoms with Crippen LogP contribution in [0, 0.1) is 0 Å².